The molecule has 1 aromatic carbocycles. The van der Waals surface area contributed by atoms with Gasteiger partial charge in [-0.05, 0) is 24.6 Å². The van der Waals surface area contributed by atoms with Crippen LogP contribution < -0.4 is 4.74 Å². The van der Waals surface area contributed by atoms with Crippen molar-refractivity contribution in [2.75, 3.05) is 0 Å². The lowest BCUT2D eigenvalue weighted by Gasteiger charge is -2.09. The Morgan fingerprint density at radius 2 is 2.29 bits per heavy atom. The molecule has 0 aliphatic carbocycles. The molecule has 1 atom stereocenters. The molecule has 0 fully saturated rings. The van der Waals surface area contributed by atoms with Crippen molar-refractivity contribution in [1.29, 1.82) is 0 Å². The van der Waals surface area contributed by atoms with Gasteiger partial charge in [-0.25, -0.2) is 0 Å². The largest absolute Gasteiger partial charge is 0.484 e. The number of hydrogen-bond acceptors (Lipinski definition) is 4. The lowest BCUT2D eigenvalue weighted by Crippen LogP contribution is -1.96. The van der Waals surface area contributed by atoms with Gasteiger partial charge in [0.1, 0.15) is 12.4 Å². The second-order valence-electron chi connectivity index (χ2n) is 3.63. The van der Waals surface area contributed by atoms with Gasteiger partial charge in [-0.1, -0.05) is 22.8 Å². The van der Waals surface area contributed by atoms with Crippen molar-refractivity contribution in [3.63, 3.8) is 0 Å². The molecule has 0 saturated heterocycles. The van der Waals surface area contributed by atoms with Crippen LogP contribution in [0.25, 0.3) is 0 Å². The van der Waals surface area contributed by atoms with Crippen molar-refractivity contribution in [3.8, 4) is 5.75 Å². The maximum Gasteiger partial charge on any atom is 0.174 e. The SMILES string of the molecule is CC(O)c1ccc(OCc2ccno2)c(Cl)c1. The molecule has 1 unspecified atom stereocenters. The minimum absolute atomic E-state index is 0.272. The number of benzene rings is 1. The summed E-state index contributed by atoms with van der Waals surface area (Å²) in [7, 11) is 0. The molecule has 0 aliphatic rings. The third kappa shape index (κ3) is 2.99. The van der Waals surface area contributed by atoms with E-state index in [2.05, 4.69) is 5.16 Å². The van der Waals surface area contributed by atoms with Crippen molar-refractivity contribution in [2.24, 2.45) is 0 Å². The van der Waals surface area contributed by atoms with Crippen LogP contribution in [-0.2, 0) is 6.61 Å². The predicted octanol–water partition coefficient (Wildman–Crippen LogP) is 2.96. The Balaban J connectivity index is 2.06. The molecule has 4 nitrogen and oxygen atoms in total. The van der Waals surface area contributed by atoms with E-state index in [4.69, 9.17) is 20.9 Å². The molecule has 0 aliphatic heterocycles. The van der Waals surface area contributed by atoms with Gasteiger partial charge < -0.3 is 14.4 Å². The highest BCUT2D eigenvalue weighted by atomic mass is 35.5. The van der Waals surface area contributed by atoms with Crippen LogP contribution in [0, 0.1) is 0 Å². The molecule has 0 saturated carbocycles. The van der Waals surface area contributed by atoms with E-state index < -0.39 is 6.10 Å². The first-order chi connectivity index (χ1) is 8.16. The van der Waals surface area contributed by atoms with Crippen LogP contribution in [0.5, 0.6) is 5.75 Å². The lowest BCUT2D eigenvalue weighted by molar-refractivity contribution is 0.199. The van der Waals surface area contributed by atoms with E-state index in [0.29, 0.717) is 16.5 Å². The Morgan fingerprint density at radius 1 is 1.47 bits per heavy atom. The summed E-state index contributed by atoms with van der Waals surface area (Å²) in [5.41, 5.74) is 0.752. The number of rotatable bonds is 4. The second-order valence-corrected chi connectivity index (χ2v) is 4.04. The van der Waals surface area contributed by atoms with Crippen LogP contribution in [0.15, 0.2) is 35.0 Å². The van der Waals surface area contributed by atoms with Crippen molar-refractivity contribution in [3.05, 3.63) is 46.8 Å². The van der Waals surface area contributed by atoms with Gasteiger partial charge in [-0.3, -0.25) is 0 Å². The van der Waals surface area contributed by atoms with Crippen LogP contribution in [0.4, 0.5) is 0 Å². The number of aliphatic hydroxyl groups excluding tert-OH is 1. The Hall–Kier alpha value is -1.52. The van der Waals surface area contributed by atoms with Gasteiger partial charge in [-0.15, -0.1) is 0 Å². The number of halogens is 1. The summed E-state index contributed by atoms with van der Waals surface area (Å²) >= 11 is 6.03. The fraction of sp³-hybridized carbons (Fsp3) is 0.250. The monoisotopic (exact) mass is 253 g/mol. The first-order valence-corrected chi connectivity index (χ1v) is 5.54. The van der Waals surface area contributed by atoms with E-state index in [9.17, 15) is 5.11 Å². The molecule has 17 heavy (non-hydrogen) atoms. The second kappa shape index (κ2) is 5.21. The van der Waals surface area contributed by atoms with Crippen molar-refractivity contribution in [2.45, 2.75) is 19.6 Å². The lowest BCUT2D eigenvalue weighted by atomic mass is 10.1. The fourth-order valence-corrected chi connectivity index (χ4v) is 1.60. The summed E-state index contributed by atoms with van der Waals surface area (Å²) in [4.78, 5) is 0. The van der Waals surface area contributed by atoms with E-state index >= 15 is 0 Å². The van der Waals surface area contributed by atoms with Gasteiger partial charge in [0.25, 0.3) is 0 Å². The average molecular weight is 254 g/mol. The van der Waals surface area contributed by atoms with Crippen molar-refractivity contribution >= 4 is 11.6 Å². The Bertz CT molecular complexity index is 483. The minimum Gasteiger partial charge on any atom is -0.484 e. The Kier molecular flexibility index (Phi) is 3.66. The molecule has 0 spiro atoms. The molecule has 0 bridgehead atoms. The molecular formula is C12H12ClNO3. The number of aliphatic hydroxyl groups is 1. The number of nitrogens with zero attached hydrogens (tertiary/aromatic N) is 1. The Morgan fingerprint density at radius 3 is 2.88 bits per heavy atom. The third-order valence-corrected chi connectivity index (χ3v) is 2.59. The van der Waals surface area contributed by atoms with Gasteiger partial charge in [0.05, 0.1) is 17.3 Å². The van der Waals surface area contributed by atoms with Crippen LogP contribution in [0.1, 0.15) is 24.4 Å². The van der Waals surface area contributed by atoms with Gasteiger partial charge in [0.2, 0.25) is 0 Å². The fourth-order valence-electron chi connectivity index (χ4n) is 1.36. The molecule has 90 valence electrons. The van der Waals surface area contributed by atoms with E-state index in [0.717, 1.165) is 5.56 Å². The van der Waals surface area contributed by atoms with Gasteiger partial charge in [0.15, 0.2) is 5.76 Å². The number of ether oxygens (including phenoxy) is 1. The molecule has 2 aromatic rings. The zero-order valence-corrected chi connectivity index (χ0v) is 10.0. The minimum atomic E-state index is -0.546. The summed E-state index contributed by atoms with van der Waals surface area (Å²) < 4.78 is 10.4. The van der Waals surface area contributed by atoms with Gasteiger partial charge in [0, 0.05) is 6.07 Å². The van der Waals surface area contributed by atoms with E-state index in [-0.39, 0.29) is 6.61 Å². The van der Waals surface area contributed by atoms with Crippen molar-refractivity contribution < 1.29 is 14.4 Å². The highest BCUT2D eigenvalue weighted by molar-refractivity contribution is 6.32. The highest BCUT2D eigenvalue weighted by Crippen LogP contribution is 2.28. The number of hydrogen-bond donors (Lipinski definition) is 1. The van der Waals surface area contributed by atoms with Crippen LogP contribution in [0.3, 0.4) is 0 Å². The molecule has 2 rings (SSSR count). The van der Waals surface area contributed by atoms with Crippen LogP contribution >= 0.6 is 11.6 Å². The first kappa shape index (κ1) is 12.0. The molecule has 1 aromatic heterocycles. The third-order valence-electron chi connectivity index (χ3n) is 2.30. The maximum absolute atomic E-state index is 9.40. The van der Waals surface area contributed by atoms with Crippen LogP contribution in [0.2, 0.25) is 5.02 Å². The Labute approximate surface area is 104 Å². The van der Waals surface area contributed by atoms with E-state index in [1.807, 2.05) is 0 Å². The summed E-state index contributed by atoms with van der Waals surface area (Å²) in [5.74, 6) is 1.17. The maximum atomic E-state index is 9.40. The topological polar surface area (TPSA) is 55.5 Å². The zero-order valence-electron chi connectivity index (χ0n) is 9.26. The quantitative estimate of drug-likeness (QED) is 0.910. The molecule has 5 heteroatoms. The first-order valence-electron chi connectivity index (χ1n) is 5.16. The molecule has 0 amide bonds. The summed E-state index contributed by atoms with van der Waals surface area (Å²) in [6.07, 6.45) is 1.01. The van der Waals surface area contributed by atoms with E-state index in [1.54, 1.807) is 37.4 Å². The normalized spacial score (nSPS) is 12.4. The van der Waals surface area contributed by atoms with Gasteiger partial charge >= 0.3 is 0 Å². The summed E-state index contributed by atoms with van der Waals surface area (Å²) in [6.45, 7) is 1.95. The van der Waals surface area contributed by atoms with Crippen molar-refractivity contribution in [1.82, 2.24) is 5.16 Å². The standard InChI is InChI=1S/C12H12ClNO3/c1-8(15)9-2-3-12(11(13)6-9)16-7-10-4-5-14-17-10/h2-6,8,15H,7H2,1H3. The molecule has 1 N–H and O–H groups in total. The summed E-state index contributed by atoms with van der Waals surface area (Å²) in [5, 5.41) is 13.4. The number of aromatic nitrogens is 1. The average Bonchev–Trinajstić information content (AvgIpc) is 2.80. The van der Waals surface area contributed by atoms with Crippen LogP contribution in [-0.4, -0.2) is 10.3 Å². The zero-order chi connectivity index (χ0) is 12.3. The smallest absolute Gasteiger partial charge is 0.174 e. The molecular weight excluding hydrogens is 242 g/mol. The van der Waals surface area contributed by atoms with E-state index in [1.165, 1.54) is 0 Å². The summed E-state index contributed by atoms with van der Waals surface area (Å²) in [6, 6.07) is 6.90. The van der Waals surface area contributed by atoms with Gasteiger partial charge in [-0.2, -0.15) is 0 Å². The highest BCUT2D eigenvalue weighted by Gasteiger charge is 2.07. The molecule has 0 radical (unpaired) electrons. The molecule has 1 heterocycles. The predicted molar refractivity (Wildman–Crippen MR) is 62.9 cm³/mol.